The van der Waals surface area contributed by atoms with Crippen LogP contribution in [0.4, 0.5) is 4.79 Å². The van der Waals surface area contributed by atoms with Crippen LogP contribution in [0.25, 0.3) is 0 Å². The van der Waals surface area contributed by atoms with Crippen LogP contribution in [-0.4, -0.2) is 37.1 Å². The largest absolute Gasteiger partial charge is 0.507 e. The molecule has 1 aliphatic heterocycles. The number of carbonyl (C=O) groups is 1. The lowest BCUT2D eigenvalue weighted by Gasteiger charge is -2.22. The fourth-order valence-electron chi connectivity index (χ4n) is 0.832. The molecule has 0 aromatic carbocycles. The van der Waals surface area contributed by atoms with Gasteiger partial charge in [0.1, 0.15) is 0 Å². The molecule has 0 amide bonds. The van der Waals surface area contributed by atoms with Crippen LogP contribution in [0.15, 0.2) is 0 Å². The number of rotatable bonds is 1. The standard InChI is InChI=1S/C5H10N2O3/c8-5(9)10-4-3-6-1-2-7-4/h4,6-7H,1-3H2,(H,8,9). The molecule has 0 aromatic heterocycles. The van der Waals surface area contributed by atoms with Gasteiger partial charge in [-0.05, 0) is 0 Å². The molecular formula is C5H10N2O3. The maximum absolute atomic E-state index is 9.98. The molecule has 0 aromatic rings. The van der Waals surface area contributed by atoms with E-state index in [9.17, 15) is 4.79 Å². The van der Waals surface area contributed by atoms with Gasteiger partial charge in [0.15, 0.2) is 6.23 Å². The van der Waals surface area contributed by atoms with Crippen molar-refractivity contribution in [2.75, 3.05) is 19.6 Å². The van der Waals surface area contributed by atoms with E-state index in [1.165, 1.54) is 0 Å². The molecular weight excluding hydrogens is 136 g/mol. The summed E-state index contributed by atoms with van der Waals surface area (Å²) in [7, 11) is 0. The highest BCUT2D eigenvalue weighted by atomic mass is 16.7. The Bertz CT molecular complexity index is 122. The summed E-state index contributed by atoms with van der Waals surface area (Å²) in [6.45, 7) is 2.16. The van der Waals surface area contributed by atoms with Crippen molar-refractivity contribution in [3.63, 3.8) is 0 Å². The SMILES string of the molecule is O=C(O)OC1CNCCN1. The van der Waals surface area contributed by atoms with Crippen LogP contribution >= 0.6 is 0 Å². The molecule has 1 rings (SSSR count). The lowest BCUT2D eigenvalue weighted by Crippen LogP contribution is -2.50. The van der Waals surface area contributed by atoms with Crippen molar-refractivity contribution in [2.24, 2.45) is 0 Å². The van der Waals surface area contributed by atoms with E-state index in [4.69, 9.17) is 5.11 Å². The van der Waals surface area contributed by atoms with Crippen molar-refractivity contribution in [2.45, 2.75) is 6.23 Å². The van der Waals surface area contributed by atoms with Crippen molar-refractivity contribution >= 4 is 6.16 Å². The zero-order chi connectivity index (χ0) is 7.40. The number of hydrogen-bond donors (Lipinski definition) is 3. The summed E-state index contributed by atoms with van der Waals surface area (Å²) >= 11 is 0. The Balaban J connectivity index is 2.19. The van der Waals surface area contributed by atoms with Gasteiger partial charge < -0.3 is 15.2 Å². The highest BCUT2D eigenvalue weighted by molar-refractivity contribution is 5.57. The normalized spacial score (nSPS) is 25.8. The molecule has 5 nitrogen and oxygen atoms in total. The second-order valence-corrected chi connectivity index (χ2v) is 2.03. The van der Waals surface area contributed by atoms with Gasteiger partial charge in [-0.2, -0.15) is 0 Å². The Morgan fingerprint density at radius 1 is 1.60 bits per heavy atom. The van der Waals surface area contributed by atoms with Crippen LogP contribution in [0.2, 0.25) is 0 Å². The van der Waals surface area contributed by atoms with Crippen LogP contribution in [0.5, 0.6) is 0 Å². The predicted molar refractivity (Wildman–Crippen MR) is 33.8 cm³/mol. The fourth-order valence-corrected chi connectivity index (χ4v) is 0.832. The van der Waals surface area contributed by atoms with Crippen LogP contribution < -0.4 is 10.6 Å². The maximum atomic E-state index is 9.98. The van der Waals surface area contributed by atoms with Gasteiger partial charge in [0, 0.05) is 19.6 Å². The van der Waals surface area contributed by atoms with Gasteiger partial charge in [-0.3, -0.25) is 5.32 Å². The summed E-state index contributed by atoms with van der Waals surface area (Å²) < 4.78 is 4.43. The molecule has 0 aliphatic carbocycles. The molecule has 0 bridgehead atoms. The molecule has 0 radical (unpaired) electrons. The molecule has 58 valence electrons. The molecule has 1 unspecified atom stereocenters. The van der Waals surface area contributed by atoms with Crippen molar-refractivity contribution in [1.82, 2.24) is 10.6 Å². The molecule has 1 atom stereocenters. The van der Waals surface area contributed by atoms with Gasteiger partial charge in [-0.15, -0.1) is 0 Å². The smallest absolute Gasteiger partial charge is 0.450 e. The average Bonchev–Trinajstić information content (AvgIpc) is 1.88. The Labute approximate surface area is 58.4 Å². The van der Waals surface area contributed by atoms with Gasteiger partial charge in [-0.1, -0.05) is 0 Å². The van der Waals surface area contributed by atoms with E-state index in [0.29, 0.717) is 6.54 Å². The van der Waals surface area contributed by atoms with Gasteiger partial charge in [0.25, 0.3) is 0 Å². The van der Waals surface area contributed by atoms with Crippen molar-refractivity contribution in [3.8, 4) is 0 Å². The van der Waals surface area contributed by atoms with E-state index in [2.05, 4.69) is 15.4 Å². The third kappa shape index (κ3) is 2.20. The number of ether oxygens (including phenoxy) is 1. The Morgan fingerprint density at radius 2 is 2.40 bits per heavy atom. The second kappa shape index (κ2) is 3.38. The molecule has 10 heavy (non-hydrogen) atoms. The first-order valence-corrected chi connectivity index (χ1v) is 3.13. The van der Waals surface area contributed by atoms with E-state index in [1.54, 1.807) is 0 Å². The summed E-state index contributed by atoms with van der Waals surface area (Å²) in [6.07, 6.45) is -1.62. The fraction of sp³-hybridized carbons (Fsp3) is 0.800. The zero-order valence-electron chi connectivity index (χ0n) is 5.46. The zero-order valence-corrected chi connectivity index (χ0v) is 5.46. The lowest BCUT2D eigenvalue weighted by molar-refractivity contribution is 0.0309. The topological polar surface area (TPSA) is 70.6 Å². The highest BCUT2D eigenvalue weighted by Gasteiger charge is 2.14. The molecule has 5 heteroatoms. The number of carboxylic acid groups (broad SMARTS) is 1. The Kier molecular flexibility index (Phi) is 2.47. The first kappa shape index (κ1) is 7.30. The first-order chi connectivity index (χ1) is 4.79. The van der Waals surface area contributed by atoms with Crippen molar-refractivity contribution in [1.29, 1.82) is 0 Å². The van der Waals surface area contributed by atoms with Crippen LogP contribution in [-0.2, 0) is 4.74 Å². The summed E-state index contributed by atoms with van der Waals surface area (Å²) in [6, 6.07) is 0. The maximum Gasteiger partial charge on any atom is 0.507 e. The monoisotopic (exact) mass is 146 g/mol. The van der Waals surface area contributed by atoms with Crippen molar-refractivity contribution < 1.29 is 14.6 Å². The minimum Gasteiger partial charge on any atom is -0.450 e. The molecule has 1 fully saturated rings. The summed E-state index contributed by atoms with van der Waals surface area (Å²) in [5.41, 5.74) is 0. The third-order valence-corrected chi connectivity index (χ3v) is 1.25. The molecule has 1 saturated heterocycles. The minimum absolute atomic E-state index is 0.383. The van der Waals surface area contributed by atoms with Crippen LogP contribution in [0.3, 0.4) is 0 Å². The van der Waals surface area contributed by atoms with E-state index >= 15 is 0 Å². The van der Waals surface area contributed by atoms with Crippen LogP contribution in [0.1, 0.15) is 0 Å². The number of piperazine rings is 1. The van der Waals surface area contributed by atoms with E-state index in [-0.39, 0.29) is 6.23 Å². The van der Waals surface area contributed by atoms with Gasteiger partial charge in [0.05, 0.1) is 0 Å². The average molecular weight is 146 g/mol. The third-order valence-electron chi connectivity index (χ3n) is 1.25. The molecule has 0 saturated carbocycles. The van der Waals surface area contributed by atoms with Gasteiger partial charge in [-0.25, -0.2) is 4.79 Å². The highest BCUT2D eigenvalue weighted by Crippen LogP contribution is 1.89. The van der Waals surface area contributed by atoms with Gasteiger partial charge in [0.2, 0.25) is 0 Å². The summed E-state index contributed by atoms with van der Waals surface area (Å²) in [5, 5.41) is 14.0. The number of nitrogens with one attached hydrogen (secondary N) is 2. The van der Waals surface area contributed by atoms with Crippen LogP contribution in [0, 0.1) is 0 Å². The Morgan fingerprint density at radius 3 is 2.90 bits per heavy atom. The van der Waals surface area contributed by atoms with E-state index in [1.807, 2.05) is 0 Å². The lowest BCUT2D eigenvalue weighted by atomic mass is 10.4. The van der Waals surface area contributed by atoms with E-state index in [0.717, 1.165) is 13.1 Å². The molecule has 0 spiro atoms. The van der Waals surface area contributed by atoms with E-state index < -0.39 is 6.16 Å². The quantitative estimate of drug-likeness (QED) is 0.422. The summed E-state index contributed by atoms with van der Waals surface area (Å²) in [5.74, 6) is 0. The summed E-state index contributed by atoms with van der Waals surface area (Å²) in [4.78, 5) is 9.98. The first-order valence-electron chi connectivity index (χ1n) is 3.13. The molecule has 3 N–H and O–H groups in total. The van der Waals surface area contributed by atoms with Crippen molar-refractivity contribution in [3.05, 3.63) is 0 Å². The molecule has 1 aliphatic rings. The predicted octanol–water partition coefficient (Wildman–Crippen LogP) is -0.800. The molecule has 1 heterocycles. The second-order valence-electron chi connectivity index (χ2n) is 2.03. The minimum atomic E-state index is -1.23. The number of hydrogen-bond acceptors (Lipinski definition) is 4. The Hall–Kier alpha value is -0.810. The van der Waals surface area contributed by atoms with Gasteiger partial charge >= 0.3 is 6.16 Å².